The second-order valence-electron chi connectivity index (χ2n) is 5.81. The lowest BCUT2D eigenvalue weighted by Crippen LogP contribution is -2.35. The third kappa shape index (κ3) is 3.93. The van der Waals surface area contributed by atoms with Crippen molar-refractivity contribution in [2.75, 3.05) is 24.6 Å². The van der Waals surface area contributed by atoms with Gasteiger partial charge in [0.15, 0.2) is 5.69 Å². The van der Waals surface area contributed by atoms with Gasteiger partial charge in [-0.15, -0.1) is 11.8 Å². The fourth-order valence-electron chi connectivity index (χ4n) is 2.74. The number of nitrogens with zero attached hydrogens (tertiary/aromatic N) is 2. The van der Waals surface area contributed by atoms with E-state index in [0.717, 1.165) is 25.9 Å². The van der Waals surface area contributed by atoms with E-state index in [9.17, 15) is 4.79 Å². The van der Waals surface area contributed by atoms with Crippen LogP contribution >= 0.6 is 11.8 Å². The summed E-state index contributed by atoms with van der Waals surface area (Å²) < 4.78 is 10.4. The zero-order valence-corrected chi connectivity index (χ0v) is 14.8. The smallest absolute Gasteiger partial charge is 0.360 e. The van der Waals surface area contributed by atoms with E-state index in [0.29, 0.717) is 17.9 Å². The molecule has 1 saturated heterocycles. The Morgan fingerprint density at radius 3 is 2.83 bits per heavy atom. The van der Waals surface area contributed by atoms with Crippen LogP contribution in [-0.2, 0) is 4.74 Å². The van der Waals surface area contributed by atoms with Gasteiger partial charge in [0.25, 0.3) is 6.01 Å². The molecule has 0 atom stereocenters. The molecule has 0 unspecified atom stereocenters. The van der Waals surface area contributed by atoms with Crippen LogP contribution in [0.5, 0.6) is 0 Å². The lowest BCUT2D eigenvalue weighted by Gasteiger charge is -2.30. The van der Waals surface area contributed by atoms with Crippen LogP contribution in [0.3, 0.4) is 0 Å². The van der Waals surface area contributed by atoms with Crippen molar-refractivity contribution in [2.24, 2.45) is 0 Å². The van der Waals surface area contributed by atoms with Crippen LogP contribution in [0.15, 0.2) is 39.8 Å². The lowest BCUT2D eigenvalue weighted by molar-refractivity contribution is 0.0519. The molecule has 0 N–H and O–H groups in total. The van der Waals surface area contributed by atoms with Crippen LogP contribution in [-0.4, -0.2) is 35.9 Å². The first-order valence-electron chi connectivity index (χ1n) is 8.27. The van der Waals surface area contributed by atoms with Crippen molar-refractivity contribution in [3.63, 3.8) is 0 Å². The first kappa shape index (κ1) is 16.9. The molecule has 0 bridgehead atoms. The number of carbonyl (C=O) groups is 1. The van der Waals surface area contributed by atoms with Gasteiger partial charge in [0, 0.05) is 23.2 Å². The van der Waals surface area contributed by atoms with Crippen molar-refractivity contribution in [2.45, 2.75) is 36.8 Å². The maximum Gasteiger partial charge on any atom is 0.360 e. The number of hydrogen-bond donors (Lipinski definition) is 0. The molecular formula is C18H22N2O3S. The molecule has 0 radical (unpaired) electrons. The van der Waals surface area contributed by atoms with Crippen LogP contribution in [0.4, 0.5) is 6.01 Å². The summed E-state index contributed by atoms with van der Waals surface area (Å²) in [5.41, 5.74) is 1.57. The number of esters is 1. The van der Waals surface area contributed by atoms with Gasteiger partial charge in [-0.25, -0.2) is 4.79 Å². The minimum absolute atomic E-state index is 0.239. The molecule has 0 amide bonds. The van der Waals surface area contributed by atoms with Crippen LogP contribution < -0.4 is 4.90 Å². The van der Waals surface area contributed by atoms with Crippen molar-refractivity contribution in [1.82, 2.24) is 4.98 Å². The predicted molar refractivity (Wildman–Crippen MR) is 94.7 cm³/mol. The SMILES string of the molecule is CCOC(=O)c1coc(N2CCC(Sc3ccccc3C)CC2)n1. The van der Waals surface area contributed by atoms with Crippen molar-refractivity contribution in [1.29, 1.82) is 0 Å². The molecule has 1 aliphatic heterocycles. The fraction of sp³-hybridized carbons (Fsp3) is 0.444. The van der Waals surface area contributed by atoms with Crippen LogP contribution in [0, 0.1) is 6.92 Å². The summed E-state index contributed by atoms with van der Waals surface area (Å²) in [6.07, 6.45) is 3.51. The van der Waals surface area contributed by atoms with Gasteiger partial charge in [-0.3, -0.25) is 0 Å². The number of carbonyl (C=O) groups excluding carboxylic acids is 1. The van der Waals surface area contributed by atoms with E-state index in [2.05, 4.69) is 41.1 Å². The lowest BCUT2D eigenvalue weighted by atomic mass is 10.1. The molecule has 24 heavy (non-hydrogen) atoms. The summed E-state index contributed by atoms with van der Waals surface area (Å²) in [5.74, 6) is -0.433. The van der Waals surface area contributed by atoms with E-state index in [1.54, 1.807) is 6.92 Å². The summed E-state index contributed by atoms with van der Waals surface area (Å²) in [4.78, 5) is 19.4. The predicted octanol–water partition coefficient (Wildman–Crippen LogP) is 3.92. The molecule has 6 heteroatoms. The molecule has 0 saturated carbocycles. The Balaban J connectivity index is 1.55. The Morgan fingerprint density at radius 2 is 2.12 bits per heavy atom. The Labute approximate surface area is 146 Å². The molecule has 1 fully saturated rings. The monoisotopic (exact) mass is 346 g/mol. The Hall–Kier alpha value is -1.95. The number of thioether (sulfide) groups is 1. The number of aromatic nitrogens is 1. The highest BCUT2D eigenvalue weighted by molar-refractivity contribution is 8.00. The van der Waals surface area contributed by atoms with E-state index in [1.165, 1.54) is 16.7 Å². The quantitative estimate of drug-likeness (QED) is 0.765. The second-order valence-corrected chi connectivity index (χ2v) is 7.15. The molecule has 2 aromatic rings. The second kappa shape index (κ2) is 7.75. The van der Waals surface area contributed by atoms with Crippen LogP contribution in [0.2, 0.25) is 0 Å². The maximum absolute atomic E-state index is 11.7. The van der Waals surface area contributed by atoms with E-state index in [-0.39, 0.29) is 5.69 Å². The van der Waals surface area contributed by atoms with Crippen LogP contribution in [0.25, 0.3) is 0 Å². The molecule has 0 spiro atoms. The average molecular weight is 346 g/mol. The normalized spacial score (nSPS) is 15.5. The van der Waals surface area contributed by atoms with Gasteiger partial charge < -0.3 is 14.1 Å². The van der Waals surface area contributed by atoms with E-state index in [1.807, 2.05) is 11.8 Å². The third-order valence-electron chi connectivity index (χ3n) is 4.08. The van der Waals surface area contributed by atoms with Gasteiger partial charge in [0.2, 0.25) is 0 Å². The van der Waals surface area contributed by atoms with Crippen molar-refractivity contribution >= 4 is 23.7 Å². The largest absolute Gasteiger partial charge is 0.461 e. The van der Waals surface area contributed by atoms with Gasteiger partial charge >= 0.3 is 5.97 Å². The molecule has 0 aliphatic carbocycles. The van der Waals surface area contributed by atoms with Gasteiger partial charge in [-0.1, -0.05) is 18.2 Å². The van der Waals surface area contributed by atoms with Crippen molar-refractivity contribution in [3.8, 4) is 0 Å². The molecule has 5 nitrogen and oxygen atoms in total. The molecule has 1 aromatic carbocycles. The topological polar surface area (TPSA) is 55.6 Å². The number of rotatable bonds is 5. The number of oxazole rings is 1. The van der Waals surface area contributed by atoms with Gasteiger partial charge in [0.05, 0.1) is 6.61 Å². The number of hydrogen-bond acceptors (Lipinski definition) is 6. The molecule has 1 aliphatic rings. The number of anilines is 1. The van der Waals surface area contributed by atoms with Crippen molar-refractivity contribution in [3.05, 3.63) is 41.8 Å². The zero-order valence-electron chi connectivity index (χ0n) is 14.0. The Bertz CT molecular complexity index is 693. The molecule has 128 valence electrons. The molecule has 1 aromatic heterocycles. The van der Waals surface area contributed by atoms with Crippen LogP contribution in [0.1, 0.15) is 35.8 Å². The summed E-state index contributed by atoms with van der Waals surface area (Å²) in [5, 5.41) is 0.599. The minimum Gasteiger partial charge on any atom is -0.461 e. The first-order chi connectivity index (χ1) is 11.7. The minimum atomic E-state index is -0.433. The van der Waals surface area contributed by atoms with E-state index < -0.39 is 5.97 Å². The number of piperidine rings is 1. The first-order valence-corrected chi connectivity index (χ1v) is 9.15. The molecular weight excluding hydrogens is 324 g/mol. The highest BCUT2D eigenvalue weighted by Crippen LogP contribution is 2.33. The number of benzene rings is 1. The Morgan fingerprint density at radius 1 is 1.38 bits per heavy atom. The van der Waals surface area contributed by atoms with Gasteiger partial charge in [-0.2, -0.15) is 4.98 Å². The number of aryl methyl sites for hydroxylation is 1. The highest BCUT2D eigenvalue weighted by atomic mass is 32.2. The van der Waals surface area contributed by atoms with E-state index in [4.69, 9.17) is 9.15 Å². The average Bonchev–Trinajstić information content (AvgIpc) is 3.08. The standard InChI is InChI=1S/C18H22N2O3S/c1-3-22-17(21)15-12-23-18(19-15)20-10-8-14(9-11-20)24-16-7-5-4-6-13(16)2/h4-7,12,14H,3,8-11H2,1-2H3. The summed E-state index contributed by atoms with van der Waals surface area (Å²) in [7, 11) is 0. The highest BCUT2D eigenvalue weighted by Gasteiger charge is 2.24. The van der Waals surface area contributed by atoms with Crippen molar-refractivity contribution < 1.29 is 13.9 Å². The summed E-state index contributed by atoms with van der Waals surface area (Å²) in [6, 6.07) is 9.02. The molecule has 3 rings (SSSR count). The third-order valence-corrected chi connectivity index (χ3v) is 5.59. The maximum atomic E-state index is 11.7. The molecule has 2 heterocycles. The fourth-order valence-corrected chi connectivity index (χ4v) is 3.96. The summed E-state index contributed by atoms with van der Waals surface area (Å²) >= 11 is 1.95. The number of ether oxygens (including phenoxy) is 1. The van der Waals surface area contributed by atoms with Gasteiger partial charge in [-0.05, 0) is 38.3 Å². The van der Waals surface area contributed by atoms with E-state index >= 15 is 0 Å². The Kier molecular flexibility index (Phi) is 5.45. The van der Waals surface area contributed by atoms with Gasteiger partial charge in [0.1, 0.15) is 6.26 Å². The zero-order chi connectivity index (χ0) is 16.9. The summed E-state index contributed by atoms with van der Waals surface area (Å²) in [6.45, 7) is 6.03.